The van der Waals surface area contributed by atoms with Gasteiger partial charge >= 0.3 is 5.97 Å². The Labute approximate surface area is 118 Å². The van der Waals surface area contributed by atoms with E-state index in [0.717, 1.165) is 23.1 Å². The molecule has 2 aromatic rings. The quantitative estimate of drug-likeness (QED) is 0.865. The maximum Gasteiger partial charge on any atom is 0.341 e. The number of benzene rings is 2. The first kappa shape index (κ1) is 14.1. The minimum absolute atomic E-state index is 0.0299. The zero-order valence-corrected chi connectivity index (χ0v) is 11.7. The molecule has 0 saturated carbocycles. The van der Waals surface area contributed by atoms with Crippen LogP contribution < -0.4 is 0 Å². The lowest BCUT2D eigenvalue weighted by Crippen LogP contribution is -2.06. The Morgan fingerprint density at radius 3 is 2.55 bits per heavy atom. The number of ether oxygens (including phenoxy) is 1. The van der Waals surface area contributed by atoms with Crippen molar-refractivity contribution in [3.05, 3.63) is 64.7 Å². The fourth-order valence-electron chi connectivity index (χ4n) is 2.12. The maximum absolute atomic E-state index is 11.8. The van der Waals surface area contributed by atoms with Crippen LogP contribution >= 0.6 is 0 Å². The number of esters is 1. The molecule has 0 spiro atoms. The van der Waals surface area contributed by atoms with E-state index in [2.05, 4.69) is 0 Å². The van der Waals surface area contributed by atoms with E-state index in [1.807, 2.05) is 37.3 Å². The van der Waals surface area contributed by atoms with Crippen LogP contribution in [0.5, 0.6) is 5.75 Å². The van der Waals surface area contributed by atoms with Crippen molar-refractivity contribution in [2.75, 3.05) is 6.61 Å². The Bertz CT molecular complexity index is 603. The second-order valence-corrected chi connectivity index (χ2v) is 4.68. The Balaban J connectivity index is 2.34. The van der Waals surface area contributed by atoms with Gasteiger partial charge in [0.15, 0.2) is 0 Å². The molecule has 0 saturated heterocycles. The summed E-state index contributed by atoms with van der Waals surface area (Å²) in [6.07, 6.45) is 0.722. The molecular weight excluding hydrogens is 252 g/mol. The topological polar surface area (TPSA) is 46.5 Å². The molecule has 20 heavy (non-hydrogen) atoms. The third-order valence-corrected chi connectivity index (χ3v) is 3.19. The van der Waals surface area contributed by atoms with Crippen LogP contribution in [0, 0.1) is 6.92 Å². The number of carbonyl (C=O) groups excluding carboxylic acids is 1. The highest BCUT2D eigenvalue weighted by Gasteiger charge is 2.15. The molecular formula is C17H18O3. The predicted molar refractivity (Wildman–Crippen MR) is 78.0 cm³/mol. The van der Waals surface area contributed by atoms with Crippen molar-refractivity contribution >= 4 is 5.97 Å². The molecule has 3 heteroatoms. The lowest BCUT2D eigenvalue weighted by atomic mass is 9.97. The summed E-state index contributed by atoms with van der Waals surface area (Å²) in [5.41, 5.74) is 3.36. The number of aromatic hydroxyl groups is 1. The van der Waals surface area contributed by atoms with Crippen molar-refractivity contribution in [1.82, 2.24) is 0 Å². The molecule has 0 radical (unpaired) electrons. The number of phenolic OH excluding ortho intramolecular Hbond substituents is 1. The Kier molecular flexibility index (Phi) is 4.41. The van der Waals surface area contributed by atoms with Gasteiger partial charge in [0.25, 0.3) is 0 Å². The van der Waals surface area contributed by atoms with Gasteiger partial charge in [-0.25, -0.2) is 4.79 Å². The molecule has 0 aliphatic carbocycles. The fraction of sp³-hybridized carbons (Fsp3) is 0.235. The minimum atomic E-state index is -0.487. The van der Waals surface area contributed by atoms with Gasteiger partial charge in [0.2, 0.25) is 0 Å². The van der Waals surface area contributed by atoms with E-state index in [1.54, 1.807) is 19.1 Å². The molecule has 1 N–H and O–H groups in total. The fourth-order valence-corrected chi connectivity index (χ4v) is 2.12. The van der Waals surface area contributed by atoms with Crippen molar-refractivity contribution < 1.29 is 14.6 Å². The molecule has 0 aliphatic heterocycles. The van der Waals surface area contributed by atoms with Gasteiger partial charge < -0.3 is 9.84 Å². The SMILES string of the molecule is CCOC(=O)c1cc(Cc2ccccc2)c(C)cc1O. The number of hydrogen-bond donors (Lipinski definition) is 1. The van der Waals surface area contributed by atoms with Crippen LogP contribution in [-0.4, -0.2) is 17.7 Å². The van der Waals surface area contributed by atoms with Gasteiger partial charge in [0.05, 0.1) is 6.61 Å². The van der Waals surface area contributed by atoms with Crippen LogP contribution in [0.2, 0.25) is 0 Å². The first-order chi connectivity index (χ1) is 9.61. The summed E-state index contributed by atoms with van der Waals surface area (Å²) < 4.78 is 4.95. The van der Waals surface area contributed by atoms with Crippen LogP contribution in [-0.2, 0) is 11.2 Å². The predicted octanol–water partition coefficient (Wildman–Crippen LogP) is 3.47. The summed E-state index contributed by atoms with van der Waals surface area (Å²) >= 11 is 0. The summed E-state index contributed by atoms with van der Waals surface area (Å²) in [6.45, 7) is 3.96. The highest BCUT2D eigenvalue weighted by atomic mass is 16.5. The molecule has 104 valence electrons. The zero-order chi connectivity index (χ0) is 14.5. The molecule has 0 unspecified atom stereocenters. The molecule has 2 rings (SSSR count). The lowest BCUT2D eigenvalue weighted by molar-refractivity contribution is 0.0523. The van der Waals surface area contributed by atoms with E-state index >= 15 is 0 Å². The van der Waals surface area contributed by atoms with Crippen LogP contribution in [0.25, 0.3) is 0 Å². The van der Waals surface area contributed by atoms with Crippen LogP contribution in [0.4, 0.5) is 0 Å². The molecule has 3 nitrogen and oxygen atoms in total. The second-order valence-electron chi connectivity index (χ2n) is 4.68. The number of phenols is 1. The maximum atomic E-state index is 11.8. The normalized spacial score (nSPS) is 10.3. The monoisotopic (exact) mass is 270 g/mol. The molecule has 0 aromatic heterocycles. The Morgan fingerprint density at radius 2 is 1.90 bits per heavy atom. The van der Waals surface area contributed by atoms with Crippen molar-refractivity contribution in [3.8, 4) is 5.75 Å². The first-order valence-corrected chi connectivity index (χ1v) is 6.65. The molecule has 0 atom stereocenters. The van der Waals surface area contributed by atoms with Crippen molar-refractivity contribution in [2.45, 2.75) is 20.3 Å². The van der Waals surface area contributed by atoms with Crippen LogP contribution in [0.15, 0.2) is 42.5 Å². The number of rotatable bonds is 4. The van der Waals surface area contributed by atoms with Crippen LogP contribution in [0.1, 0.15) is 34.0 Å². The average Bonchev–Trinajstić information content (AvgIpc) is 2.43. The number of aryl methyl sites for hydroxylation is 1. The van der Waals surface area contributed by atoms with E-state index in [1.165, 1.54) is 0 Å². The summed E-state index contributed by atoms with van der Waals surface area (Å²) in [6, 6.07) is 13.3. The zero-order valence-electron chi connectivity index (χ0n) is 11.7. The standard InChI is InChI=1S/C17H18O3/c1-3-20-17(19)15-11-14(12(2)9-16(15)18)10-13-7-5-4-6-8-13/h4-9,11,18H,3,10H2,1-2H3. The number of hydrogen-bond acceptors (Lipinski definition) is 3. The smallest absolute Gasteiger partial charge is 0.341 e. The first-order valence-electron chi connectivity index (χ1n) is 6.65. The van der Waals surface area contributed by atoms with E-state index in [-0.39, 0.29) is 11.3 Å². The highest BCUT2D eigenvalue weighted by Crippen LogP contribution is 2.25. The van der Waals surface area contributed by atoms with Crippen molar-refractivity contribution in [1.29, 1.82) is 0 Å². The van der Waals surface area contributed by atoms with Crippen molar-refractivity contribution in [2.24, 2.45) is 0 Å². The van der Waals surface area contributed by atoms with Gasteiger partial charge in [-0.1, -0.05) is 30.3 Å². The van der Waals surface area contributed by atoms with Crippen LogP contribution in [0.3, 0.4) is 0 Å². The molecule has 0 aliphatic rings. The van der Waals surface area contributed by atoms with Crippen molar-refractivity contribution in [3.63, 3.8) is 0 Å². The summed E-state index contributed by atoms with van der Waals surface area (Å²) in [4.78, 5) is 11.8. The largest absolute Gasteiger partial charge is 0.507 e. The van der Waals surface area contributed by atoms with E-state index in [4.69, 9.17) is 4.74 Å². The summed E-state index contributed by atoms with van der Waals surface area (Å²) in [5, 5.41) is 9.88. The molecule has 2 aromatic carbocycles. The van der Waals surface area contributed by atoms with Gasteiger partial charge in [-0.2, -0.15) is 0 Å². The molecule has 0 heterocycles. The van der Waals surface area contributed by atoms with E-state index in [0.29, 0.717) is 6.61 Å². The van der Waals surface area contributed by atoms with Gasteiger partial charge in [0.1, 0.15) is 11.3 Å². The molecule has 0 fully saturated rings. The second kappa shape index (κ2) is 6.24. The van der Waals surface area contributed by atoms with Gasteiger partial charge in [0, 0.05) is 0 Å². The highest BCUT2D eigenvalue weighted by molar-refractivity contribution is 5.92. The Hall–Kier alpha value is -2.29. The van der Waals surface area contributed by atoms with Gasteiger partial charge in [-0.3, -0.25) is 0 Å². The van der Waals surface area contributed by atoms with E-state index < -0.39 is 5.97 Å². The lowest BCUT2D eigenvalue weighted by Gasteiger charge is -2.11. The van der Waals surface area contributed by atoms with Gasteiger partial charge in [-0.15, -0.1) is 0 Å². The third kappa shape index (κ3) is 3.18. The Morgan fingerprint density at radius 1 is 1.20 bits per heavy atom. The molecule has 0 bridgehead atoms. The summed E-state index contributed by atoms with van der Waals surface area (Å²) in [7, 11) is 0. The average molecular weight is 270 g/mol. The minimum Gasteiger partial charge on any atom is -0.507 e. The summed E-state index contributed by atoms with van der Waals surface area (Å²) in [5.74, 6) is -0.517. The third-order valence-electron chi connectivity index (χ3n) is 3.19. The number of carbonyl (C=O) groups is 1. The van der Waals surface area contributed by atoms with Gasteiger partial charge in [-0.05, 0) is 49.1 Å². The van der Waals surface area contributed by atoms with E-state index in [9.17, 15) is 9.90 Å². The molecule has 0 amide bonds.